The van der Waals surface area contributed by atoms with Crippen molar-refractivity contribution in [2.24, 2.45) is 0 Å². The summed E-state index contributed by atoms with van der Waals surface area (Å²) in [6.45, 7) is 3.46. The van der Waals surface area contributed by atoms with E-state index in [-0.39, 0.29) is 35.0 Å². The number of aryl methyl sites for hydroxylation is 2. The standard InChI is InChI=1S/C21H22N2O6/c1-11-6-7-12(2)13(8-11)22-16(24)10-23-14-9-15(27-3)19(28-4)20(29-5)17(14)18(25)21(23)26/h6-9H,10H2,1-5H3,(H,22,24). The van der Waals surface area contributed by atoms with Crippen LogP contribution in [0.5, 0.6) is 17.2 Å². The molecule has 3 rings (SSSR count). The van der Waals surface area contributed by atoms with Gasteiger partial charge >= 0.3 is 0 Å². The van der Waals surface area contributed by atoms with Gasteiger partial charge in [0, 0.05) is 11.8 Å². The lowest BCUT2D eigenvalue weighted by Gasteiger charge is -2.19. The summed E-state index contributed by atoms with van der Waals surface area (Å²) in [5.74, 6) is -1.43. The molecule has 29 heavy (non-hydrogen) atoms. The molecule has 2 aromatic carbocycles. The number of benzene rings is 2. The number of nitrogens with one attached hydrogen (secondary N) is 1. The molecule has 1 aliphatic rings. The molecule has 0 spiro atoms. The van der Waals surface area contributed by atoms with Gasteiger partial charge in [0.05, 0.1) is 32.6 Å². The maximum atomic E-state index is 12.6. The van der Waals surface area contributed by atoms with Crippen LogP contribution in [0.2, 0.25) is 0 Å². The predicted molar refractivity (Wildman–Crippen MR) is 107 cm³/mol. The molecule has 1 aliphatic heterocycles. The fourth-order valence-electron chi connectivity index (χ4n) is 3.28. The summed E-state index contributed by atoms with van der Waals surface area (Å²) in [5, 5.41) is 2.79. The number of carbonyl (C=O) groups is 3. The predicted octanol–water partition coefficient (Wildman–Crippen LogP) is 2.50. The van der Waals surface area contributed by atoms with E-state index in [1.54, 1.807) is 0 Å². The van der Waals surface area contributed by atoms with E-state index in [4.69, 9.17) is 14.2 Å². The van der Waals surface area contributed by atoms with Gasteiger partial charge in [0.1, 0.15) is 6.54 Å². The maximum Gasteiger partial charge on any atom is 0.300 e. The molecule has 1 N–H and O–H groups in total. The Hall–Kier alpha value is -3.55. The van der Waals surface area contributed by atoms with E-state index < -0.39 is 17.6 Å². The van der Waals surface area contributed by atoms with Gasteiger partial charge in [-0.1, -0.05) is 12.1 Å². The number of ketones is 1. The first-order valence-corrected chi connectivity index (χ1v) is 8.88. The topological polar surface area (TPSA) is 94.2 Å². The van der Waals surface area contributed by atoms with Gasteiger partial charge < -0.3 is 19.5 Å². The number of methoxy groups -OCH3 is 3. The monoisotopic (exact) mass is 398 g/mol. The summed E-state index contributed by atoms with van der Waals surface area (Å²) in [4.78, 5) is 38.9. The van der Waals surface area contributed by atoms with Crippen LogP contribution in [-0.4, -0.2) is 45.5 Å². The van der Waals surface area contributed by atoms with E-state index in [1.807, 2.05) is 32.0 Å². The van der Waals surface area contributed by atoms with Gasteiger partial charge in [0.2, 0.25) is 11.7 Å². The number of hydrogen-bond acceptors (Lipinski definition) is 6. The van der Waals surface area contributed by atoms with E-state index in [1.165, 1.54) is 27.4 Å². The van der Waals surface area contributed by atoms with Gasteiger partial charge in [-0.25, -0.2) is 0 Å². The molecule has 0 unspecified atom stereocenters. The highest BCUT2D eigenvalue weighted by Gasteiger charge is 2.42. The molecule has 0 fully saturated rings. The van der Waals surface area contributed by atoms with Crippen molar-refractivity contribution in [3.8, 4) is 17.2 Å². The second-order valence-corrected chi connectivity index (χ2v) is 6.63. The molecule has 8 nitrogen and oxygen atoms in total. The van der Waals surface area contributed by atoms with E-state index in [0.717, 1.165) is 16.0 Å². The number of Topliss-reactive ketones (excluding diaryl/α,β-unsaturated/α-hetero) is 1. The largest absolute Gasteiger partial charge is 0.493 e. The second kappa shape index (κ2) is 7.83. The van der Waals surface area contributed by atoms with Gasteiger partial charge in [-0.15, -0.1) is 0 Å². The Morgan fingerprint density at radius 3 is 2.31 bits per heavy atom. The summed E-state index contributed by atoms with van der Waals surface area (Å²) in [7, 11) is 4.20. The molecular weight excluding hydrogens is 376 g/mol. The van der Waals surface area contributed by atoms with Gasteiger partial charge in [-0.2, -0.15) is 0 Å². The average molecular weight is 398 g/mol. The molecule has 2 amide bonds. The normalized spacial score (nSPS) is 12.7. The van der Waals surface area contributed by atoms with Crippen LogP contribution >= 0.6 is 0 Å². The van der Waals surface area contributed by atoms with E-state index in [9.17, 15) is 14.4 Å². The molecule has 0 aromatic heterocycles. The molecule has 1 heterocycles. The second-order valence-electron chi connectivity index (χ2n) is 6.63. The lowest BCUT2D eigenvalue weighted by Crippen LogP contribution is -2.37. The van der Waals surface area contributed by atoms with Crippen LogP contribution in [-0.2, 0) is 9.59 Å². The van der Waals surface area contributed by atoms with Crippen molar-refractivity contribution in [3.05, 3.63) is 41.0 Å². The van der Waals surface area contributed by atoms with Crippen LogP contribution in [0.1, 0.15) is 21.5 Å². The minimum Gasteiger partial charge on any atom is -0.493 e. The van der Waals surface area contributed by atoms with Crippen LogP contribution in [0.25, 0.3) is 0 Å². The number of carbonyl (C=O) groups excluding carboxylic acids is 3. The Kier molecular flexibility index (Phi) is 5.45. The molecule has 0 radical (unpaired) electrons. The van der Waals surface area contributed by atoms with Crippen LogP contribution in [0.4, 0.5) is 11.4 Å². The zero-order valence-corrected chi connectivity index (χ0v) is 16.9. The number of hydrogen-bond donors (Lipinski definition) is 1. The average Bonchev–Trinajstić information content (AvgIpc) is 2.93. The highest BCUT2D eigenvalue weighted by Crippen LogP contribution is 2.47. The zero-order valence-electron chi connectivity index (χ0n) is 16.9. The number of rotatable bonds is 6. The van der Waals surface area contributed by atoms with Crippen LogP contribution in [0.3, 0.4) is 0 Å². The van der Waals surface area contributed by atoms with Gasteiger partial charge in [-0.05, 0) is 31.0 Å². The van der Waals surface area contributed by atoms with Crippen molar-refractivity contribution < 1.29 is 28.6 Å². The highest BCUT2D eigenvalue weighted by molar-refractivity contribution is 6.53. The third-order valence-electron chi connectivity index (χ3n) is 4.74. The van der Waals surface area contributed by atoms with E-state index in [2.05, 4.69) is 5.32 Å². The molecule has 2 aromatic rings. The summed E-state index contributed by atoms with van der Waals surface area (Å²) in [5.41, 5.74) is 2.82. The van der Waals surface area contributed by atoms with E-state index in [0.29, 0.717) is 5.69 Å². The first-order chi connectivity index (χ1) is 13.8. The van der Waals surface area contributed by atoms with Crippen molar-refractivity contribution in [1.29, 1.82) is 0 Å². The van der Waals surface area contributed by atoms with Gasteiger partial charge in [-0.3, -0.25) is 19.3 Å². The lowest BCUT2D eigenvalue weighted by molar-refractivity contribution is -0.118. The molecule has 0 bridgehead atoms. The smallest absolute Gasteiger partial charge is 0.300 e. The summed E-state index contributed by atoms with van der Waals surface area (Å²) >= 11 is 0. The fraction of sp³-hybridized carbons (Fsp3) is 0.286. The van der Waals surface area contributed by atoms with Crippen LogP contribution in [0.15, 0.2) is 24.3 Å². The summed E-state index contributed by atoms with van der Waals surface area (Å²) in [6.07, 6.45) is 0. The third kappa shape index (κ3) is 3.49. The Morgan fingerprint density at radius 1 is 1.00 bits per heavy atom. The number of fused-ring (bicyclic) bond motifs is 1. The van der Waals surface area contributed by atoms with Crippen LogP contribution < -0.4 is 24.4 Å². The Bertz CT molecular complexity index is 1010. The van der Waals surface area contributed by atoms with E-state index >= 15 is 0 Å². The molecule has 0 aliphatic carbocycles. The van der Waals surface area contributed by atoms with Crippen molar-refractivity contribution in [2.75, 3.05) is 38.1 Å². The summed E-state index contributed by atoms with van der Waals surface area (Å²) < 4.78 is 15.9. The van der Waals surface area contributed by atoms with Gasteiger partial charge in [0.25, 0.3) is 11.7 Å². The minimum absolute atomic E-state index is 0.0506. The van der Waals surface area contributed by atoms with Crippen molar-refractivity contribution >= 4 is 29.0 Å². The first-order valence-electron chi connectivity index (χ1n) is 8.88. The quantitative estimate of drug-likeness (QED) is 0.752. The zero-order chi connectivity index (χ0) is 21.3. The highest BCUT2D eigenvalue weighted by atomic mass is 16.5. The minimum atomic E-state index is -0.815. The Morgan fingerprint density at radius 2 is 1.69 bits per heavy atom. The molecule has 152 valence electrons. The SMILES string of the molecule is COc1cc2c(c(OC)c1OC)C(=O)C(=O)N2CC(=O)Nc1cc(C)ccc1C. The van der Waals surface area contributed by atoms with Crippen LogP contribution in [0, 0.1) is 13.8 Å². The molecule has 0 saturated heterocycles. The number of anilines is 2. The van der Waals surface area contributed by atoms with Gasteiger partial charge in [0.15, 0.2) is 11.5 Å². The van der Waals surface area contributed by atoms with Crippen molar-refractivity contribution in [3.63, 3.8) is 0 Å². The molecule has 8 heteroatoms. The first kappa shape index (κ1) is 20.2. The molecule has 0 atom stereocenters. The number of amides is 2. The third-order valence-corrected chi connectivity index (χ3v) is 4.74. The number of ether oxygens (including phenoxy) is 3. The Labute approximate surface area is 168 Å². The maximum absolute atomic E-state index is 12.6. The number of nitrogens with zero attached hydrogens (tertiary/aromatic N) is 1. The Balaban J connectivity index is 1.96. The molecular formula is C21H22N2O6. The molecule has 0 saturated carbocycles. The van der Waals surface area contributed by atoms with Crippen molar-refractivity contribution in [1.82, 2.24) is 0 Å². The summed E-state index contributed by atoms with van der Waals surface area (Å²) in [6, 6.07) is 7.17. The lowest BCUT2D eigenvalue weighted by atomic mass is 10.1. The van der Waals surface area contributed by atoms with Crippen molar-refractivity contribution in [2.45, 2.75) is 13.8 Å². The fourth-order valence-corrected chi connectivity index (χ4v) is 3.28.